The van der Waals surface area contributed by atoms with Gasteiger partial charge in [0.25, 0.3) is 0 Å². The third-order valence-corrected chi connectivity index (χ3v) is 4.16. The van der Waals surface area contributed by atoms with E-state index in [1.165, 1.54) is 5.56 Å². The number of aromatic nitrogens is 1. The van der Waals surface area contributed by atoms with Crippen LogP contribution in [0.15, 0.2) is 48.5 Å². The second-order valence-corrected chi connectivity index (χ2v) is 5.66. The standard InChI is InChI=1S/C19H20N2O2/c1-2-15-14(11-18(20)23)19-16(9-6-10-17(19)22)21(15)12-13-7-4-3-5-8-13/h3-10,22H,2,11-12H2,1H3,(H2,20,23). The van der Waals surface area contributed by atoms with Crippen LogP contribution in [0.25, 0.3) is 10.9 Å². The lowest BCUT2D eigenvalue weighted by Gasteiger charge is -2.11. The summed E-state index contributed by atoms with van der Waals surface area (Å²) in [6, 6.07) is 15.6. The molecular formula is C19H20N2O2. The fourth-order valence-corrected chi connectivity index (χ4v) is 3.23. The highest BCUT2D eigenvalue weighted by Gasteiger charge is 2.19. The summed E-state index contributed by atoms with van der Waals surface area (Å²) < 4.78 is 2.17. The number of primary amides is 1. The predicted octanol–water partition coefficient (Wildman–Crippen LogP) is 2.99. The number of hydrogen-bond acceptors (Lipinski definition) is 2. The quantitative estimate of drug-likeness (QED) is 0.761. The number of carbonyl (C=O) groups excluding carboxylic acids is 1. The first kappa shape index (κ1) is 15.2. The van der Waals surface area contributed by atoms with Crippen LogP contribution in [-0.2, 0) is 24.2 Å². The van der Waals surface area contributed by atoms with Crippen LogP contribution in [0.1, 0.15) is 23.7 Å². The molecule has 4 heteroatoms. The molecule has 0 unspecified atom stereocenters. The molecule has 4 nitrogen and oxygen atoms in total. The minimum atomic E-state index is -0.387. The van der Waals surface area contributed by atoms with Gasteiger partial charge in [0.15, 0.2) is 0 Å². The van der Waals surface area contributed by atoms with Crippen LogP contribution in [-0.4, -0.2) is 15.6 Å². The minimum absolute atomic E-state index is 0.138. The van der Waals surface area contributed by atoms with Gasteiger partial charge in [-0.1, -0.05) is 43.3 Å². The van der Waals surface area contributed by atoms with Gasteiger partial charge in [0.05, 0.1) is 11.9 Å². The summed E-state index contributed by atoms with van der Waals surface area (Å²) in [6.07, 6.45) is 0.905. The predicted molar refractivity (Wildman–Crippen MR) is 91.4 cm³/mol. The fraction of sp³-hybridized carbons (Fsp3) is 0.211. The number of hydrogen-bond donors (Lipinski definition) is 2. The van der Waals surface area contributed by atoms with Gasteiger partial charge in [0.2, 0.25) is 5.91 Å². The van der Waals surface area contributed by atoms with Crippen LogP contribution >= 0.6 is 0 Å². The van der Waals surface area contributed by atoms with E-state index in [-0.39, 0.29) is 18.1 Å². The van der Waals surface area contributed by atoms with Crippen molar-refractivity contribution in [1.82, 2.24) is 4.57 Å². The summed E-state index contributed by atoms with van der Waals surface area (Å²) in [6.45, 7) is 2.75. The molecule has 0 radical (unpaired) electrons. The fourth-order valence-electron chi connectivity index (χ4n) is 3.23. The first-order valence-electron chi connectivity index (χ1n) is 7.76. The summed E-state index contributed by atoms with van der Waals surface area (Å²) in [7, 11) is 0. The lowest BCUT2D eigenvalue weighted by atomic mass is 10.1. The lowest BCUT2D eigenvalue weighted by Crippen LogP contribution is -2.15. The molecular weight excluding hydrogens is 288 g/mol. The summed E-state index contributed by atoms with van der Waals surface area (Å²) in [5, 5.41) is 11.0. The zero-order chi connectivity index (χ0) is 16.4. The SMILES string of the molecule is CCc1c(CC(N)=O)c2c(O)cccc2n1Cc1ccccc1. The van der Waals surface area contributed by atoms with Gasteiger partial charge >= 0.3 is 0 Å². The van der Waals surface area contributed by atoms with Crippen molar-refractivity contribution in [3.05, 3.63) is 65.4 Å². The van der Waals surface area contributed by atoms with Crippen LogP contribution in [0.5, 0.6) is 5.75 Å². The van der Waals surface area contributed by atoms with Gasteiger partial charge in [-0.15, -0.1) is 0 Å². The number of phenols is 1. The number of rotatable bonds is 5. The highest BCUT2D eigenvalue weighted by atomic mass is 16.3. The van der Waals surface area contributed by atoms with E-state index < -0.39 is 0 Å². The van der Waals surface area contributed by atoms with Crippen molar-refractivity contribution in [2.24, 2.45) is 5.73 Å². The first-order valence-corrected chi connectivity index (χ1v) is 7.76. The molecule has 1 heterocycles. The Balaban J connectivity index is 2.23. The maximum Gasteiger partial charge on any atom is 0.221 e. The number of nitrogens with two attached hydrogens (primary N) is 1. The first-order chi connectivity index (χ1) is 11.1. The number of aromatic hydroxyl groups is 1. The molecule has 118 valence electrons. The molecule has 3 aromatic rings. The van der Waals surface area contributed by atoms with Crippen LogP contribution in [0, 0.1) is 0 Å². The van der Waals surface area contributed by atoms with Gasteiger partial charge in [0, 0.05) is 17.6 Å². The molecule has 0 aliphatic carbocycles. The molecule has 0 atom stereocenters. The molecule has 3 N–H and O–H groups in total. The Morgan fingerprint density at radius 2 is 1.87 bits per heavy atom. The molecule has 0 aliphatic rings. The Kier molecular flexibility index (Phi) is 4.06. The highest BCUT2D eigenvalue weighted by molar-refractivity contribution is 5.94. The topological polar surface area (TPSA) is 68.2 Å². The molecule has 1 aromatic heterocycles. The van der Waals surface area contributed by atoms with E-state index in [1.807, 2.05) is 30.3 Å². The Hall–Kier alpha value is -2.75. The smallest absolute Gasteiger partial charge is 0.221 e. The molecule has 0 aliphatic heterocycles. The molecule has 2 aromatic carbocycles. The Morgan fingerprint density at radius 3 is 2.52 bits per heavy atom. The number of carbonyl (C=O) groups is 1. The number of amides is 1. The van der Waals surface area contributed by atoms with Crippen molar-refractivity contribution in [2.75, 3.05) is 0 Å². The van der Waals surface area contributed by atoms with E-state index in [0.717, 1.165) is 28.6 Å². The second-order valence-electron chi connectivity index (χ2n) is 5.66. The molecule has 0 bridgehead atoms. The van der Waals surface area contributed by atoms with Crippen molar-refractivity contribution in [1.29, 1.82) is 0 Å². The van der Waals surface area contributed by atoms with Crippen molar-refractivity contribution >= 4 is 16.8 Å². The van der Waals surface area contributed by atoms with Crippen molar-refractivity contribution < 1.29 is 9.90 Å². The van der Waals surface area contributed by atoms with E-state index in [0.29, 0.717) is 6.54 Å². The van der Waals surface area contributed by atoms with Crippen molar-refractivity contribution in [2.45, 2.75) is 26.3 Å². The Bertz CT molecular complexity index is 851. The van der Waals surface area contributed by atoms with Gasteiger partial charge in [0.1, 0.15) is 5.75 Å². The highest BCUT2D eigenvalue weighted by Crippen LogP contribution is 2.34. The third-order valence-electron chi connectivity index (χ3n) is 4.16. The second kappa shape index (κ2) is 6.16. The van der Waals surface area contributed by atoms with E-state index in [1.54, 1.807) is 6.07 Å². The molecule has 0 spiro atoms. The van der Waals surface area contributed by atoms with Crippen molar-refractivity contribution in [3.8, 4) is 5.75 Å². The van der Waals surface area contributed by atoms with Crippen LogP contribution < -0.4 is 5.73 Å². The van der Waals surface area contributed by atoms with E-state index in [2.05, 4.69) is 23.6 Å². The normalized spacial score (nSPS) is 11.0. The summed E-state index contributed by atoms with van der Waals surface area (Å²) >= 11 is 0. The van der Waals surface area contributed by atoms with E-state index in [9.17, 15) is 9.90 Å². The zero-order valence-electron chi connectivity index (χ0n) is 13.1. The molecule has 1 amide bonds. The van der Waals surface area contributed by atoms with Crippen LogP contribution in [0.4, 0.5) is 0 Å². The van der Waals surface area contributed by atoms with E-state index in [4.69, 9.17) is 5.73 Å². The van der Waals surface area contributed by atoms with Gasteiger partial charge in [-0.3, -0.25) is 4.79 Å². The van der Waals surface area contributed by atoms with Crippen molar-refractivity contribution in [3.63, 3.8) is 0 Å². The van der Waals surface area contributed by atoms with E-state index >= 15 is 0 Å². The Morgan fingerprint density at radius 1 is 1.13 bits per heavy atom. The van der Waals surface area contributed by atoms with Gasteiger partial charge in [-0.05, 0) is 29.7 Å². The van der Waals surface area contributed by atoms with Gasteiger partial charge < -0.3 is 15.4 Å². The zero-order valence-corrected chi connectivity index (χ0v) is 13.1. The largest absolute Gasteiger partial charge is 0.507 e. The number of nitrogens with zero attached hydrogens (tertiary/aromatic N) is 1. The maximum atomic E-state index is 11.5. The lowest BCUT2D eigenvalue weighted by molar-refractivity contribution is -0.117. The average Bonchev–Trinajstić information content (AvgIpc) is 2.82. The summed E-state index contributed by atoms with van der Waals surface area (Å²) in [5.74, 6) is -0.193. The third kappa shape index (κ3) is 2.80. The molecule has 3 rings (SSSR count). The molecule has 0 fully saturated rings. The number of fused-ring (bicyclic) bond motifs is 1. The minimum Gasteiger partial charge on any atom is -0.507 e. The Labute approximate surface area is 135 Å². The summed E-state index contributed by atoms with van der Waals surface area (Å²) in [5.41, 5.74) is 9.41. The van der Waals surface area contributed by atoms with Gasteiger partial charge in [-0.25, -0.2) is 0 Å². The van der Waals surface area contributed by atoms with Crippen LogP contribution in [0.2, 0.25) is 0 Å². The molecule has 23 heavy (non-hydrogen) atoms. The summed E-state index contributed by atoms with van der Waals surface area (Å²) in [4.78, 5) is 11.5. The number of benzene rings is 2. The maximum absolute atomic E-state index is 11.5. The number of phenolic OH excluding ortho intramolecular Hbond substituents is 1. The monoisotopic (exact) mass is 308 g/mol. The average molecular weight is 308 g/mol. The van der Waals surface area contributed by atoms with Gasteiger partial charge in [-0.2, -0.15) is 0 Å². The molecule has 0 saturated carbocycles. The van der Waals surface area contributed by atoms with Crippen LogP contribution in [0.3, 0.4) is 0 Å². The molecule has 0 saturated heterocycles.